The third-order valence-electron chi connectivity index (χ3n) is 6.44. The van der Waals surface area contributed by atoms with E-state index in [1.165, 1.54) is 12.5 Å². The standard InChI is InChI=1S/C27H31N3O3.C7H8O.C2H6/c1-18(2)28-17-26(32)30-25(15-21-10-13-23-6-4-5-7-24(23)14-21)27(33)29-16-20-8-11-22(12-9-20)19(3)31;1-6-2-4-7(8)5-3-6;1-2/h4-14,18,25,28H,15-17H2,1-3H3,(H,29,33)(H,30,32);2-5,8H,1H3;1-2H3/t25-;;/m0../s1. The van der Waals surface area contributed by atoms with Crippen LogP contribution >= 0.6 is 0 Å². The average Bonchev–Trinajstić information content (AvgIpc) is 3.01. The smallest absolute Gasteiger partial charge is 0.243 e. The van der Waals surface area contributed by atoms with Gasteiger partial charge in [-0.2, -0.15) is 0 Å². The Balaban J connectivity index is 0.000000550. The monoisotopic (exact) mass is 583 g/mol. The molecule has 228 valence electrons. The van der Waals surface area contributed by atoms with Gasteiger partial charge in [0.15, 0.2) is 5.78 Å². The van der Waals surface area contributed by atoms with E-state index in [9.17, 15) is 14.4 Å². The molecular formula is C36H45N3O4. The number of phenolic OH excluding ortho intramolecular Hbond substituents is 1. The van der Waals surface area contributed by atoms with Gasteiger partial charge in [0.25, 0.3) is 0 Å². The number of carbonyl (C=O) groups is 3. The van der Waals surface area contributed by atoms with E-state index in [1.807, 2.05) is 95.3 Å². The largest absolute Gasteiger partial charge is 0.508 e. The van der Waals surface area contributed by atoms with Crippen LogP contribution in [0.1, 0.15) is 61.7 Å². The Kier molecular flexibility index (Phi) is 14.6. The number of aryl methyl sites for hydroxylation is 1. The molecule has 0 heterocycles. The minimum atomic E-state index is -0.705. The van der Waals surface area contributed by atoms with E-state index in [0.29, 0.717) is 24.3 Å². The molecule has 4 N–H and O–H groups in total. The van der Waals surface area contributed by atoms with Crippen molar-refractivity contribution >= 4 is 28.4 Å². The molecule has 0 aliphatic heterocycles. The fourth-order valence-electron chi connectivity index (χ4n) is 4.07. The van der Waals surface area contributed by atoms with Crippen LogP contribution in [0.15, 0.2) is 91.0 Å². The minimum absolute atomic E-state index is 0.00115. The number of hydrogen-bond donors (Lipinski definition) is 4. The Morgan fingerprint density at radius 2 is 1.40 bits per heavy atom. The molecule has 0 aliphatic rings. The lowest BCUT2D eigenvalue weighted by Gasteiger charge is -2.20. The van der Waals surface area contributed by atoms with Gasteiger partial charge >= 0.3 is 0 Å². The third-order valence-corrected chi connectivity index (χ3v) is 6.44. The lowest BCUT2D eigenvalue weighted by Crippen LogP contribution is -2.50. The first-order chi connectivity index (χ1) is 20.6. The number of carbonyl (C=O) groups excluding carboxylic acids is 3. The van der Waals surface area contributed by atoms with E-state index in [1.54, 1.807) is 24.3 Å². The molecule has 43 heavy (non-hydrogen) atoms. The van der Waals surface area contributed by atoms with Crippen molar-refractivity contribution in [2.75, 3.05) is 6.54 Å². The first kappa shape index (κ1) is 34.7. The molecule has 0 spiro atoms. The SMILES string of the molecule is CC.CC(=O)c1ccc(CNC(=O)[C@H](Cc2ccc3ccccc3c2)NC(=O)CNC(C)C)cc1.Cc1ccc(O)cc1. The Morgan fingerprint density at radius 1 is 0.791 bits per heavy atom. The second-order valence-corrected chi connectivity index (χ2v) is 10.3. The van der Waals surface area contributed by atoms with Crippen LogP contribution in [-0.2, 0) is 22.6 Å². The van der Waals surface area contributed by atoms with Crippen molar-refractivity contribution in [3.63, 3.8) is 0 Å². The summed E-state index contributed by atoms with van der Waals surface area (Å²) >= 11 is 0. The van der Waals surface area contributed by atoms with Gasteiger partial charge in [-0.1, -0.05) is 112 Å². The molecule has 7 nitrogen and oxygen atoms in total. The van der Waals surface area contributed by atoms with Crippen molar-refractivity contribution in [2.24, 2.45) is 0 Å². The van der Waals surface area contributed by atoms with E-state index in [2.05, 4.69) is 22.0 Å². The summed E-state index contributed by atoms with van der Waals surface area (Å²) < 4.78 is 0. The number of nitrogens with one attached hydrogen (secondary N) is 3. The van der Waals surface area contributed by atoms with E-state index in [-0.39, 0.29) is 30.2 Å². The van der Waals surface area contributed by atoms with Crippen molar-refractivity contribution in [1.29, 1.82) is 0 Å². The molecule has 0 aliphatic carbocycles. The third kappa shape index (κ3) is 12.5. The topological polar surface area (TPSA) is 108 Å². The van der Waals surface area contributed by atoms with Crippen LogP contribution in [0.4, 0.5) is 0 Å². The highest BCUT2D eigenvalue weighted by atomic mass is 16.3. The molecule has 0 radical (unpaired) electrons. The fraction of sp³-hybridized carbons (Fsp3) is 0.306. The molecule has 0 saturated heterocycles. The first-order valence-corrected chi connectivity index (χ1v) is 14.7. The average molecular weight is 584 g/mol. The van der Waals surface area contributed by atoms with E-state index in [4.69, 9.17) is 5.11 Å². The second kappa shape index (κ2) is 18.1. The lowest BCUT2D eigenvalue weighted by atomic mass is 10.0. The summed E-state index contributed by atoms with van der Waals surface area (Å²) in [7, 11) is 0. The number of benzene rings is 4. The Morgan fingerprint density at radius 3 is 1.98 bits per heavy atom. The Bertz CT molecular complexity index is 1430. The molecule has 7 heteroatoms. The van der Waals surface area contributed by atoms with Crippen molar-refractivity contribution < 1.29 is 19.5 Å². The molecule has 4 rings (SSSR count). The molecule has 0 bridgehead atoms. The van der Waals surface area contributed by atoms with Crippen molar-refractivity contribution in [1.82, 2.24) is 16.0 Å². The highest BCUT2D eigenvalue weighted by Crippen LogP contribution is 2.17. The number of amides is 2. The van der Waals surface area contributed by atoms with Gasteiger partial charge in [0, 0.05) is 24.6 Å². The van der Waals surface area contributed by atoms with Crippen molar-refractivity contribution in [2.45, 2.75) is 66.6 Å². The van der Waals surface area contributed by atoms with Gasteiger partial charge in [-0.25, -0.2) is 0 Å². The molecule has 2 amide bonds. The highest BCUT2D eigenvalue weighted by Gasteiger charge is 2.21. The van der Waals surface area contributed by atoms with Crippen molar-refractivity contribution in [3.05, 3.63) is 113 Å². The summed E-state index contributed by atoms with van der Waals surface area (Å²) in [4.78, 5) is 36.9. The van der Waals surface area contributed by atoms with Gasteiger partial charge in [0.05, 0.1) is 6.54 Å². The molecule has 0 fully saturated rings. The van der Waals surface area contributed by atoms with Crippen LogP contribution < -0.4 is 16.0 Å². The maximum atomic E-state index is 13.0. The zero-order valence-corrected chi connectivity index (χ0v) is 26.1. The van der Waals surface area contributed by atoms with Gasteiger partial charge < -0.3 is 21.1 Å². The van der Waals surface area contributed by atoms with Crippen LogP contribution in [0.5, 0.6) is 5.75 Å². The Hall–Kier alpha value is -4.49. The van der Waals surface area contributed by atoms with E-state index >= 15 is 0 Å². The van der Waals surface area contributed by atoms with Gasteiger partial charge in [0.2, 0.25) is 11.8 Å². The van der Waals surface area contributed by atoms with Gasteiger partial charge in [0.1, 0.15) is 11.8 Å². The van der Waals surface area contributed by atoms with Crippen LogP contribution in [0, 0.1) is 6.92 Å². The Labute approximate surface area is 255 Å². The number of Topliss-reactive ketones (excluding diaryl/α,β-unsaturated/α-hetero) is 1. The summed E-state index contributed by atoms with van der Waals surface area (Å²) in [5.41, 5.74) is 3.65. The molecule has 0 saturated carbocycles. The van der Waals surface area contributed by atoms with Crippen LogP contribution in [0.2, 0.25) is 0 Å². The fourth-order valence-corrected chi connectivity index (χ4v) is 4.07. The highest BCUT2D eigenvalue weighted by molar-refractivity contribution is 5.94. The number of ketones is 1. The number of rotatable bonds is 10. The summed E-state index contributed by atoms with van der Waals surface area (Å²) in [6.45, 7) is 11.9. The molecule has 4 aromatic carbocycles. The predicted molar refractivity (Wildman–Crippen MR) is 175 cm³/mol. The molecule has 0 aromatic heterocycles. The molecular weight excluding hydrogens is 538 g/mol. The van der Waals surface area contributed by atoms with E-state index in [0.717, 1.165) is 21.9 Å². The summed E-state index contributed by atoms with van der Waals surface area (Å²) in [6.07, 6.45) is 0.382. The maximum absolute atomic E-state index is 13.0. The van der Waals surface area contributed by atoms with Gasteiger partial charge in [-0.15, -0.1) is 0 Å². The summed E-state index contributed by atoms with van der Waals surface area (Å²) in [5, 5.41) is 19.8. The second-order valence-electron chi connectivity index (χ2n) is 10.3. The zero-order valence-electron chi connectivity index (χ0n) is 26.1. The number of fused-ring (bicyclic) bond motifs is 1. The molecule has 1 atom stereocenters. The summed E-state index contributed by atoms with van der Waals surface area (Å²) in [6, 6.07) is 27.8. The van der Waals surface area contributed by atoms with E-state index < -0.39 is 6.04 Å². The predicted octanol–water partition coefficient (Wildman–Crippen LogP) is 6.11. The van der Waals surface area contributed by atoms with Crippen LogP contribution in [0.25, 0.3) is 10.8 Å². The maximum Gasteiger partial charge on any atom is 0.243 e. The number of hydrogen-bond acceptors (Lipinski definition) is 5. The van der Waals surface area contributed by atoms with Gasteiger partial charge in [-0.05, 0) is 47.9 Å². The summed E-state index contributed by atoms with van der Waals surface area (Å²) in [5.74, 6) is -0.151. The normalized spacial score (nSPS) is 11.0. The lowest BCUT2D eigenvalue weighted by molar-refractivity contribution is -0.128. The van der Waals surface area contributed by atoms with Crippen molar-refractivity contribution in [3.8, 4) is 5.75 Å². The number of aromatic hydroxyl groups is 1. The number of phenols is 1. The molecule has 0 unspecified atom stereocenters. The first-order valence-electron chi connectivity index (χ1n) is 14.7. The minimum Gasteiger partial charge on any atom is -0.508 e. The van der Waals surface area contributed by atoms with Gasteiger partial charge in [-0.3, -0.25) is 14.4 Å². The zero-order chi connectivity index (χ0) is 31.8. The molecule has 4 aromatic rings. The van der Waals surface area contributed by atoms with Crippen LogP contribution in [0.3, 0.4) is 0 Å². The quantitative estimate of drug-likeness (QED) is 0.169. The van der Waals surface area contributed by atoms with Crippen LogP contribution in [-0.4, -0.2) is 41.3 Å².